The molecule has 0 bridgehead atoms. The van der Waals surface area contributed by atoms with Gasteiger partial charge in [0, 0.05) is 19.1 Å². The van der Waals surface area contributed by atoms with Crippen molar-refractivity contribution in [2.24, 2.45) is 11.3 Å². The maximum absolute atomic E-state index is 10.6. The van der Waals surface area contributed by atoms with Crippen LogP contribution < -0.4 is 0 Å². The monoisotopic (exact) mass is 225 g/mol. The second-order valence-corrected chi connectivity index (χ2v) is 6.31. The molecule has 16 heavy (non-hydrogen) atoms. The summed E-state index contributed by atoms with van der Waals surface area (Å²) < 4.78 is 0. The second kappa shape index (κ2) is 4.36. The highest BCUT2D eigenvalue weighted by atomic mass is 16.4. The summed E-state index contributed by atoms with van der Waals surface area (Å²) in [5, 5.41) is 8.70. The van der Waals surface area contributed by atoms with Crippen LogP contribution >= 0.6 is 0 Å². The molecule has 2 aliphatic rings. The maximum Gasteiger partial charge on any atom is 0.303 e. The topological polar surface area (TPSA) is 40.5 Å². The molecule has 0 aromatic carbocycles. The molecule has 0 amide bonds. The smallest absolute Gasteiger partial charge is 0.303 e. The molecule has 1 aliphatic heterocycles. The Hall–Kier alpha value is -0.570. The van der Waals surface area contributed by atoms with E-state index in [0.717, 1.165) is 19.1 Å². The summed E-state index contributed by atoms with van der Waals surface area (Å²) >= 11 is 0. The Balaban J connectivity index is 1.71. The van der Waals surface area contributed by atoms with Gasteiger partial charge in [0.1, 0.15) is 0 Å². The third kappa shape index (κ3) is 2.76. The average Bonchev–Trinajstić information content (AvgIpc) is 2.11. The summed E-state index contributed by atoms with van der Waals surface area (Å²) in [5.41, 5.74) is 0.530. The van der Waals surface area contributed by atoms with Gasteiger partial charge in [0.25, 0.3) is 0 Å². The molecule has 3 heteroatoms. The highest BCUT2D eigenvalue weighted by Gasteiger charge is 2.36. The summed E-state index contributed by atoms with van der Waals surface area (Å²) in [4.78, 5) is 13.0. The van der Waals surface area contributed by atoms with Crippen LogP contribution in [-0.4, -0.2) is 35.1 Å². The van der Waals surface area contributed by atoms with Gasteiger partial charge in [-0.3, -0.25) is 9.69 Å². The van der Waals surface area contributed by atoms with Gasteiger partial charge < -0.3 is 5.11 Å². The summed E-state index contributed by atoms with van der Waals surface area (Å²) in [6.07, 6.45) is 5.59. The fraction of sp³-hybridized carbons (Fsp3) is 0.923. The van der Waals surface area contributed by atoms with Gasteiger partial charge in [0.15, 0.2) is 0 Å². The third-order valence-corrected chi connectivity index (χ3v) is 4.27. The van der Waals surface area contributed by atoms with E-state index in [-0.39, 0.29) is 0 Å². The number of carboxylic acids is 1. The lowest BCUT2D eigenvalue weighted by atomic mass is 9.74. The van der Waals surface area contributed by atoms with E-state index < -0.39 is 5.97 Å². The first-order valence-corrected chi connectivity index (χ1v) is 6.42. The second-order valence-electron chi connectivity index (χ2n) is 6.31. The lowest BCUT2D eigenvalue weighted by Crippen LogP contribution is -2.53. The van der Waals surface area contributed by atoms with Crippen molar-refractivity contribution < 1.29 is 9.90 Å². The van der Waals surface area contributed by atoms with Crippen molar-refractivity contribution in [3.05, 3.63) is 0 Å². The van der Waals surface area contributed by atoms with Gasteiger partial charge >= 0.3 is 5.97 Å². The highest BCUT2D eigenvalue weighted by Crippen LogP contribution is 2.38. The van der Waals surface area contributed by atoms with Crippen LogP contribution in [-0.2, 0) is 4.79 Å². The molecule has 1 aliphatic carbocycles. The lowest BCUT2D eigenvalue weighted by molar-refractivity contribution is -0.140. The largest absolute Gasteiger partial charge is 0.481 e. The molecular formula is C13H23NO2. The fourth-order valence-electron chi connectivity index (χ4n) is 3.03. The maximum atomic E-state index is 10.6. The van der Waals surface area contributed by atoms with E-state index in [1.807, 2.05) is 0 Å². The van der Waals surface area contributed by atoms with Crippen LogP contribution in [0.5, 0.6) is 0 Å². The predicted molar refractivity (Wildman–Crippen MR) is 63.4 cm³/mol. The number of rotatable bonds is 3. The predicted octanol–water partition coefficient (Wildman–Crippen LogP) is 2.36. The first kappa shape index (κ1) is 11.9. The Morgan fingerprint density at radius 2 is 1.88 bits per heavy atom. The van der Waals surface area contributed by atoms with Gasteiger partial charge in [-0.05, 0) is 37.0 Å². The first-order valence-electron chi connectivity index (χ1n) is 6.42. The minimum Gasteiger partial charge on any atom is -0.481 e. The Kier molecular flexibility index (Phi) is 3.24. The normalized spacial score (nSPS) is 27.6. The van der Waals surface area contributed by atoms with E-state index in [9.17, 15) is 4.79 Å². The zero-order chi connectivity index (χ0) is 11.8. The Morgan fingerprint density at radius 1 is 1.31 bits per heavy atom. The average molecular weight is 225 g/mol. The molecule has 2 fully saturated rings. The highest BCUT2D eigenvalue weighted by molar-refractivity contribution is 5.67. The summed E-state index contributed by atoms with van der Waals surface area (Å²) in [7, 11) is 0. The molecule has 2 rings (SSSR count). The number of carboxylic acid groups (broad SMARTS) is 1. The SMILES string of the molecule is CC1(C)CCC(N2CC(CC(=O)O)C2)CC1. The molecule has 0 spiro atoms. The Bertz CT molecular complexity index is 259. The fourth-order valence-corrected chi connectivity index (χ4v) is 3.03. The van der Waals surface area contributed by atoms with Crippen LogP contribution in [0, 0.1) is 11.3 Å². The Labute approximate surface area is 97.8 Å². The van der Waals surface area contributed by atoms with Gasteiger partial charge in [0.05, 0.1) is 6.42 Å². The van der Waals surface area contributed by atoms with Crippen molar-refractivity contribution in [1.29, 1.82) is 0 Å². The van der Waals surface area contributed by atoms with Crippen LogP contribution in [0.2, 0.25) is 0 Å². The van der Waals surface area contributed by atoms with Crippen molar-refractivity contribution in [3.8, 4) is 0 Å². The number of hydrogen-bond acceptors (Lipinski definition) is 2. The van der Waals surface area contributed by atoms with E-state index in [1.165, 1.54) is 25.7 Å². The molecule has 0 atom stereocenters. The quantitative estimate of drug-likeness (QED) is 0.801. The van der Waals surface area contributed by atoms with E-state index in [2.05, 4.69) is 18.7 Å². The molecular weight excluding hydrogens is 202 g/mol. The minimum atomic E-state index is -0.644. The molecule has 1 heterocycles. The number of hydrogen-bond donors (Lipinski definition) is 1. The van der Waals surface area contributed by atoms with Crippen LogP contribution in [0.15, 0.2) is 0 Å². The van der Waals surface area contributed by atoms with Crippen molar-refractivity contribution in [3.63, 3.8) is 0 Å². The van der Waals surface area contributed by atoms with E-state index in [1.54, 1.807) is 0 Å². The summed E-state index contributed by atoms with van der Waals surface area (Å²) in [6.45, 7) is 6.73. The molecule has 0 aromatic heterocycles. The van der Waals surface area contributed by atoms with Crippen LogP contribution in [0.25, 0.3) is 0 Å². The van der Waals surface area contributed by atoms with Crippen molar-refractivity contribution in [2.75, 3.05) is 13.1 Å². The molecule has 0 unspecified atom stereocenters. The zero-order valence-corrected chi connectivity index (χ0v) is 10.4. The lowest BCUT2D eigenvalue weighted by Gasteiger charge is -2.47. The molecule has 92 valence electrons. The standard InChI is InChI=1S/C13H23NO2/c1-13(2)5-3-11(4-6-13)14-8-10(9-14)7-12(15)16/h10-11H,3-9H2,1-2H3,(H,15,16). The van der Waals surface area contributed by atoms with Gasteiger partial charge in [-0.15, -0.1) is 0 Å². The molecule has 1 saturated carbocycles. The summed E-state index contributed by atoms with van der Waals surface area (Å²) in [5.74, 6) is -0.234. The number of carbonyl (C=O) groups is 1. The van der Waals surface area contributed by atoms with Crippen LogP contribution in [0.3, 0.4) is 0 Å². The number of aliphatic carboxylic acids is 1. The van der Waals surface area contributed by atoms with E-state index >= 15 is 0 Å². The van der Waals surface area contributed by atoms with Gasteiger partial charge in [0.2, 0.25) is 0 Å². The molecule has 0 radical (unpaired) electrons. The van der Waals surface area contributed by atoms with Crippen LogP contribution in [0.1, 0.15) is 46.0 Å². The van der Waals surface area contributed by atoms with Crippen LogP contribution in [0.4, 0.5) is 0 Å². The molecule has 1 N–H and O–H groups in total. The number of likely N-dealkylation sites (tertiary alicyclic amines) is 1. The van der Waals surface area contributed by atoms with Crippen molar-refractivity contribution in [1.82, 2.24) is 4.90 Å². The third-order valence-electron chi connectivity index (χ3n) is 4.27. The van der Waals surface area contributed by atoms with E-state index in [4.69, 9.17) is 5.11 Å². The molecule has 3 nitrogen and oxygen atoms in total. The summed E-state index contributed by atoms with van der Waals surface area (Å²) in [6, 6.07) is 0.734. The van der Waals surface area contributed by atoms with Gasteiger partial charge in [-0.2, -0.15) is 0 Å². The molecule has 0 aromatic rings. The first-order chi connectivity index (χ1) is 7.46. The van der Waals surface area contributed by atoms with Gasteiger partial charge in [-0.25, -0.2) is 0 Å². The van der Waals surface area contributed by atoms with Crippen molar-refractivity contribution in [2.45, 2.75) is 52.0 Å². The van der Waals surface area contributed by atoms with Gasteiger partial charge in [-0.1, -0.05) is 13.8 Å². The zero-order valence-electron chi connectivity index (χ0n) is 10.4. The van der Waals surface area contributed by atoms with Crippen molar-refractivity contribution >= 4 is 5.97 Å². The minimum absolute atomic E-state index is 0.356. The van der Waals surface area contributed by atoms with E-state index in [0.29, 0.717) is 17.8 Å². The molecule has 1 saturated heterocycles. The number of nitrogens with zero attached hydrogens (tertiary/aromatic N) is 1. The Morgan fingerprint density at radius 3 is 2.38 bits per heavy atom.